The molecular formula is C12H17BrN2O3S. The van der Waals surface area contributed by atoms with E-state index in [1.165, 1.54) is 23.4 Å². The van der Waals surface area contributed by atoms with Crippen LogP contribution in [-0.2, 0) is 14.8 Å². The van der Waals surface area contributed by atoms with E-state index in [0.29, 0.717) is 12.2 Å². The number of nitrogens with one attached hydrogen (secondary N) is 1. The molecule has 5 nitrogen and oxygen atoms in total. The molecule has 1 N–H and O–H groups in total. The molecule has 0 fully saturated rings. The molecule has 0 aromatic heterocycles. The number of carbonyl (C=O) groups excluding carboxylic acids is 1. The Labute approximate surface area is 122 Å². The monoisotopic (exact) mass is 348 g/mol. The number of benzene rings is 1. The van der Waals surface area contributed by atoms with Gasteiger partial charge in [0.2, 0.25) is 15.9 Å². The Kier molecular flexibility index (Phi) is 5.96. The van der Waals surface area contributed by atoms with Gasteiger partial charge in [0.05, 0.1) is 4.90 Å². The predicted molar refractivity (Wildman–Crippen MR) is 79.0 cm³/mol. The summed E-state index contributed by atoms with van der Waals surface area (Å²) >= 11 is 3.27. The molecule has 0 aliphatic heterocycles. The first-order valence-corrected chi connectivity index (χ1v) is 8.34. The third-order valence-electron chi connectivity index (χ3n) is 2.49. The molecule has 0 spiro atoms. The van der Waals surface area contributed by atoms with Crippen molar-refractivity contribution < 1.29 is 13.2 Å². The predicted octanol–water partition coefficient (Wildman–Crippen LogP) is 2.05. The van der Waals surface area contributed by atoms with Crippen molar-refractivity contribution in [2.24, 2.45) is 0 Å². The minimum Gasteiger partial charge on any atom is -0.326 e. The molecule has 0 unspecified atom stereocenters. The van der Waals surface area contributed by atoms with Crippen molar-refractivity contribution in [3.05, 3.63) is 24.3 Å². The number of carbonyl (C=O) groups is 1. The van der Waals surface area contributed by atoms with Crippen LogP contribution in [0.15, 0.2) is 29.2 Å². The first-order valence-electron chi connectivity index (χ1n) is 5.78. The van der Waals surface area contributed by atoms with Crippen LogP contribution >= 0.6 is 15.9 Å². The summed E-state index contributed by atoms with van der Waals surface area (Å²) in [6.45, 7) is 1.86. The summed E-state index contributed by atoms with van der Waals surface area (Å²) in [6, 6.07) is 6.13. The van der Waals surface area contributed by atoms with Gasteiger partial charge in [-0.25, -0.2) is 12.7 Å². The zero-order valence-electron chi connectivity index (χ0n) is 10.9. The maximum atomic E-state index is 12.2. The number of alkyl halides is 1. The molecule has 1 aromatic carbocycles. The van der Waals surface area contributed by atoms with Crippen molar-refractivity contribution in [3.8, 4) is 0 Å². The Morgan fingerprint density at radius 1 is 1.32 bits per heavy atom. The summed E-state index contributed by atoms with van der Waals surface area (Å²) in [6.07, 6.45) is 0.750. The summed E-state index contributed by atoms with van der Waals surface area (Å²) in [7, 11) is -1.90. The van der Waals surface area contributed by atoms with Gasteiger partial charge < -0.3 is 5.32 Å². The van der Waals surface area contributed by atoms with Gasteiger partial charge in [0, 0.05) is 31.5 Å². The molecule has 0 heterocycles. The SMILES string of the molecule is CC(=O)Nc1ccc(S(=O)(=O)N(C)CCCBr)cc1. The second kappa shape index (κ2) is 7.02. The minimum atomic E-state index is -3.46. The number of nitrogens with zero attached hydrogens (tertiary/aromatic N) is 1. The topological polar surface area (TPSA) is 66.5 Å². The zero-order chi connectivity index (χ0) is 14.5. The maximum absolute atomic E-state index is 12.2. The Bertz CT molecular complexity index is 528. The first-order chi connectivity index (χ1) is 8.87. The van der Waals surface area contributed by atoms with Gasteiger partial charge in [0.15, 0.2) is 0 Å². The van der Waals surface area contributed by atoms with E-state index in [0.717, 1.165) is 11.8 Å². The van der Waals surface area contributed by atoms with E-state index in [1.807, 2.05) is 0 Å². The summed E-state index contributed by atoms with van der Waals surface area (Å²) in [5.74, 6) is -0.190. The number of amides is 1. The molecule has 1 amide bonds. The summed E-state index contributed by atoms with van der Waals surface area (Å²) in [5.41, 5.74) is 0.578. The van der Waals surface area contributed by atoms with E-state index in [9.17, 15) is 13.2 Å². The minimum absolute atomic E-state index is 0.190. The lowest BCUT2D eigenvalue weighted by Gasteiger charge is -2.16. The van der Waals surface area contributed by atoms with Gasteiger partial charge in [0.25, 0.3) is 0 Å². The molecule has 106 valence electrons. The molecule has 1 aromatic rings. The normalized spacial score (nSPS) is 11.6. The lowest BCUT2D eigenvalue weighted by molar-refractivity contribution is -0.114. The zero-order valence-corrected chi connectivity index (χ0v) is 13.3. The Morgan fingerprint density at radius 3 is 2.37 bits per heavy atom. The van der Waals surface area contributed by atoms with E-state index < -0.39 is 10.0 Å². The fraction of sp³-hybridized carbons (Fsp3) is 0.417. The van der Waals surface area contributed by atoms with Crippen molar-refractivity contribution in [2.75, 3.05) is 24.2 Å². The largest absolute Gasteiger partial charge is 0.326 e. The van der Waals surface area contributed by atoms with Crippen LogP contribution < -0.4 is 5.32 Å². The van der Waals surface area contributed by atoms with Crippen LogP contribution in [-0.4, -0.2) is 37.6 Å². The second-order valence-electron chi connectivity index (χ2n) is 4.07. The molecule has 19 heavy (non-hydrogen) atoms. The fourth-order valence-electron chi connectivity index (χ4n) is 1.50. The lowest BCUT2D eigenvalue weighted by atomic mass is 10.3. The molecule has 0 saturated heterocycles. The standard InChI is InChI=1S/C12H17BrN2O3S/c1-10(16)14-11-4-6-12(7-5-11)19(17,18)15(2)9-3-8-13/h4-7H,3,8-9H2,1-2H3,(H,14,16). The molecular weight excluding hydrogens is 332 g/mol. The van der Waals surface area contributed by atoms with E-state index in [1.54, 1.807) is 19.2 Å². The second-order valence-corrected chi connectivity index (χ2v) is 6.91. The molecule has 0 aliphatic rings. The molecule has 0 saturated carbocycles. The highest BCUT2D eigenvalue weighted by Crippen LogP contribution is 2.17. The fourth-order valence-corrected chi connectivity index (χ4v) is 2.96. The van der Waals surface area contributed by atoms with Gasteiger partial charge in [-0.05, 0) is 30.7 Å². The van der Waals surface area contributed by atoms with E-state index >= 15 is 0 Å². The van der Waals surface area contributed by atoms with Crippen LogP contribution in [0.5, 0.6) is 0 Å². The van der Waals surface area contributed by atoms with Crippen molar-refractivity contribution in [3.63, 3.8) is 0 Å². The highest BCUT2D eigenvalue weighted by atomic mass is 79.9. The molecule has 0 atom stereocenters. The number of hydrogen-bond donors (Lipinski definition) is 1. The van der Waals surface area contributed by atoms with Crippen molar-refractivity contribution in [1.82, 2.24) is 4.31 Å². The van der Waals surface area contributed by atoms with Crippen molar-refractivity contribution in [1.29, 1.82) is 0 Å². The first kappa shape index (κ1) is 16.1. The highest BCUT2D eigenvalue weighted by molar-refractivity contribution is 9.09. The van der Waals surface area contributed by atoms with Gasteiger partial charge in [0.1, 0.15) is 0 Å². The number of sulfonamides is 1. The summed E-state index contributed by atoms with van der Waals surface area (Å²) in [4.78, 5) is 11.1. The van der Waals surface area contributed by atoms with Gasteiger partial charge in [-0.15, -0.1) is 0 Å². The van der Waals surface area contributed by atoms with Gasteiger partial charge >= 0.3 is 0 Å². The Balaban J connectivity index is 2.87. The molecule has 0 bridgehead atoms. The van der Waals surface area contributed by atoms with Crippen LogP contribution in [0.2, 0.25) is 0 Å². The lowest BCUT2D eigenvalue weighted by Crippen LogP contribution is -2.28. The quantitative estimate of drug-likeness (QED) is 0.800. The Morgan fingerprint density at radius 2 is 1.89 bits per heavy atom. The number of hydrogen-bond acceptors (Lipinski definition) is 3. The van der Waals surface area contributed by atoms with Crippen molar-refractivity contribution >= 4 is 37.5 Å². The molecule has 0 aliphatic carbocycles. The van der Waals surface area contributed by atoms with Crippen molar-refractivity contribution in [2.45, 2.75) is 18.2 Å². The molecule has 7 heteroatoms. The van der Waals surface area contributed by atoms with E-state index in [4.69, 9.17) is 0 Å². The maximum Gasteiger partial charge on any atom is 0.242 e. The third-order valence-corrected chi connectivity index (χ3v) is 4.92. The van der Waals surface area contributed by atoms with E-state index in [2.05, 4.69) is 21.2 Å². The van der Waals surface area contributed by atoms with E-state index in [-0.39, 0.29) is 10.8 Å². The average Bonchev–Trinajstić information content (AvgIpc) is 2.35. The summed E-state index contributed by atoms with van der Waals surface area (Å²) < 4.78 is 25.7. The number of halogens is 1. The number of anilines is 1. The van der Waals surface area contributed by atoms with Crippen LogP contribution in [0.4, 0.5) is 5.69 Å². The van der Waals surface area contributed by atoms with Gasteiger partial charge in [-0.3, -0.25) is 4.79 Å². The number of rotatable bonds is 6. The van der Waals surface area contributed by atoms with Crippen LogP contribution in [0.25, 0.3) is 0 Å². The third kappa shape index (κ3) is 4.59. The molecule has 0 radical (unpaired) electrons. The van der Waals surface area contributed by atoms with Crippen LogP contribution in [0.1, 0.15) is 13.3 Å². The van der Waals surface area contributed by atoms with Gasteiger partial charge in [-0.2, -0.15) is 0 Å². The van der Waals surface area contributed by atoms with Crippen LogP contribution in [0, 0.1) is 0 Å². The van der Waals surface area contributed by atoms with Crippen LogP contribution in [0.3, 0.4) is 0 Å². The smallest absolute Gasteiger partial charge is 0.242 e. The average molecular weight is 349 g/mol. The molecule has 1 rings (SSSR count). The highest BCUT2D eigenvalue weighted by Gasteiger charge is 2.19. The summed E-state index contributed by atoms with van der Waals surface area (Å²) in [5, 5.41) is 3.35. The van der Waals surface area contributed by atoms with Gasteiger partial charge in [-0.1, -0.05) is 15.9 Å². The Hall–Kier alpha value is -0.920.